The molecule has 0 spiro atoms. The second kappa shape index (κ2) is 5.86. The van der Waals surface area contributed by atoms with Crippen LogP contribution >= 0.6 is 0 Å². The maximum Gasteiger partial charge on any atom is 0.335 e. The molecule has 0 saturated carbocycles. The molecule has 3 nitrogen and oxygen atoms in total. The summed E-state index contributed by atoms with van der Waals surface area (Å²) in [5, 5.41) is 8.75. The molecule has 80 valence electrons. The molecule has 1 aromatic carbocycles. The van der Waals surface area contributed by atoms with Crippen molar-refractivity contribution in [3.63, 3.8) is 0 Å². The highest BCUT2D eigenvalue weighted by Crippen LogP contribution is 2.13. The SMILES string of the molecule is CCC/C=C/Oc1cccc(C(=O)O)c1. The average Bonchev–Trinajstić information content (AvgIpc) is 2.25. The van der Waals surface area contributed by atoms with Crippen molar-refractivity contribution in [1.29, 1.82) is 0 Å². The zero-order valence-corrected chi connectivity index (χ0v) is 8.64. The summed E-state index contributed by atoms with van der Waals surface area (Å²) in [6, 6.07) is 6.42. The Labute approximate surface area is 89.0 Å². The van der Waals surface area contributed by atoms with Crippen LogP contribution in [0, 0.1) is 0 Å². The Morgan fingerprint density at radius 3 is 3.00 bits per heavy atom. The van der Waals surface area contributed by atoms with Crippen LogP contribution in [-0.4, -0.2) is 11.1 Å². The van der Waals surface area contributed by atoms with E-state index in [4.69, 9.17) is 9.84 Å². The van der Waals surface area contributed by atoms with Gasteiger partial charge in [0, 0.05) is 0 Å². The van der Waals surface area contributed by atoms with E-state index in [1.165, 1.54) is 12.1 Å². The van der Waals surface area contributed by atoms with E-state index in [0.29, 0.717) is 5.75 Å². The molecule has 0 aromatic heterocycles. The van der Waals surface area contributed by atoms with Crippen LogP contribution in [0.4, 0.5) is 0 Å². The van der Waals surface area contributed by atoms with E-state index < -0.39 is 5.97 Å². The van der Waals surface area contributed by atoms with E-state index in [-0.39, 0.29) is 5.56 Å². The number of ether oxygens (including phenoxy) is 1. The first-order valence-electron chi connectivity index (χ1n) is 4.89. The minimum absolute atomic E-state index is 0.233. The van der Waals surface area contributed by atoms with Crippen LogP contribution in [0.2, 0.25) is 0 Å². The Kier molecular flexibility index (Phi) is 4.41. The molecule has 0 amide bonds. The average molecular weight is 206 g/mol. The lowest BCUT2D eigenvalue weighted by Gasteiger charge is -2.00. The summed E-state index contributed by atoms with van der Waals surface area (Å²) in [5.41, 5.74) is 0.233. The summed E-state index contributed by atoms with van der Waals surface area (Å²) in [6.45, 7) is 2.08. The van der Waals surface area contributed by atoms with E-state index >= 15 is 0 Å². The molecule has 1 rings (SSSR count). The lowest BCUT2D eigenvalue weighted by Crippen LogP contribution is -1.95. The zero-order chi connectivity index (χ0) is 11.1. The molecule has 0 radical (unpaired) electrons. The van der Waals surface area contributed by atoms with Crippen molar-refractivity contribution in [2.45, 2.75) is 19.8 Å². The van der Waals surface area contributed by atoms with Crippen LogP contribution in [0.15, 0.2) is 36.6 Å². The maximum absolute atomic E-state index is 10.7. The first kappa shape index (κ1) is 11.3. The molecule has 1 N–H and O–H groups in total. The molecule has 0 atom stereocenters. The topological polar surface area (TPSA) is 46.5 Å². The predicted octanol–water partition coefficient (Wildman–Crippen LogP) is 3.08. The van der Waals surface area contributed by atoms with Crippen molar-refractivity contribution >= 4 is 5.97 Å². The fourth-order valence-corrected chi connectivity index (χ4v) is 1.06. The number of aromatic carboxylic acids is 1. The molecular formula is C12H14O3. The van der Waals surface area contributed by atoms with Gasteiger partial charge < -0.3 is 9.84 Å². The van der Waals surface area contributed by atoms with Gasteiger partial charge in [-0.05, 0) is 30.7 Å². The minimum Gasteiger partial charge on any atom is -0.478 e. The largest absolute Gasteiger partial charge is 0.478 e. The van der Waals surface area contributed by atoms with Crippen LogP contribution in [-0.2, 0) is 0 Å². The smallest absolute Gasteiger partial charge is 0.335 e. The van der Waals surface area contributed by atoms with Gasteiger partial charge in [0.1, 0.15) is 5.75 Å². The van der Waals surface area contributed by atoms with Crippen LogP contribution in [0.5, 0.6) is 5.75 Å². The van der Waals surface area contributed by atoms with E-state index in [9.17, 15) is 4.79 Å². The number of allylic oxidation sites excluding steroid dienone is 1. The molecular weight excluding hydrogens is 192 g/mol. The number of benzene rings is 1. The Bertz CT molecular complexity index is 356. The third kappa shape index (κ3) is 3.85. The Hall–Kier alpha value is -1.77. The second-order valence-electron chi connectivity index (χ2n) is 3.11. The second-order valence-corrected chi connectivity index (χ2v) is 3.11. The number of hydrogen-bond acceptors (Lipinski definition) is 2. The van der Waals surface area contributed by atoms with E-state index in [1.807, 2.05) is 6.08 Å². The van der Waals surface area contributed by atoms with Gasteiger partial charge in [0.2, 0.25) is 0 Å². The van der Waals surface area contributed by atoms with E-state index in [1.54, 1.807) is 18.4 Å². The molecule has 1 aromatic rings. The van der Waals surface area contributed by atoms with Crippen LogP contribution in [0.25, 0.3) is 0 Å². The number of carboxylic acids is 1. The van der Waals surface area contributed by atoms with Gasteiger partial charge in [0.05, 0.1) is 11.8 Å². The minimum atomic E-state index is -0.946. The number of unbranched alkanes of at least 4 members (excludes halogenated alkanes) is 1. The van der Waals surface area contributed by atoms with Gasteiger partial charge in [-0.15, -0.1) is 0 Å². The molecule has 0 aliphatic carbocycles. The molecule has 0 fully saturated rings. The third-order valence-electron chi connectivity index (χ3n) is 1.84. The Balaban J connectivity index is 2.61. The maximum atomic E-state index is 10.7. The van der Waals surface area contributed by atoms with Crippen LogP contribution in [0.1, 0.15) is 30.1 Å². The van der Waals surface area contributed by atoms with Gasteiger partial charge in [-0.25, -0.2) is 4.79 Å². The van der Waals surface area contributed by atoms with Crippen molar-refractivity contribution in [3.05, 3.63) is 42.2 Å². The molecule has 15 heavy (non-hydrogen) atoms. The molecule has 0 aliphatic rings. The number of carboxylic acid groups (broad SMARTS) is 1. The van der Waals surface area contributed by atoms with E-state index in [0.717, 1.165) is 12.8 Å². The quantitative estimate of drug-likeness (QED) is 0.753. The summed E-state index contributed by atoms with van der Waals surface area (Å²) in [4.78, 5) is 10.7. The summed E-state index contributed by atoms with van der Waals surface area (Å²) < 4.78 is 5.26. The van der Waals surface area contributed by atoms with Gasteiger partial charge in [-0.2, -0.15) is 0 Å². The standard InChI is InChI=1S/C12H14O3/c1-2-3-4-8-15-11-7-5-6-10(9-11)12(13)14/h4-9H,2-3H2,1H3,(H,13,14)/b8-4+. The highest BCUT2D eigenvalue weighted by Gasteiger charge is 2.02. The lowest BCUT2D eigenvalue weighted by molar-refractivity contribution is 0.0696. The third-order valence-corrected chi connectivity index (χ3v) is 1.84. The molecule has 0 aliphatic heterocycles. The zero-order valence-electron chi connectivity index (χ0n) is 8.64. The van der Waals surface area contributed by atoms with Crippen molar-refractivity contribution in [1.82, 2.24) is 0 Å². The molecule has 0 unspecified atom stereocenters. The highest BCUT2D eigenvalue weighted by atomic mass is 16.5. The number of rotatable bonds is 5. The van der Waals surface area contributed by atoms with Gasteiger partial charge in [-0.1, -0.05) is 19.4 Å². The van der Waals surface area contributed by atoms with Crippen LogP contribution < -0.4 is 4.74 Å². The van der Waals surface area contributed by atoms with Gasteiger partial charge in [-0.3, -0.25) is 0 Å². The van der Waals surface area contributed by atoms with Crippen molar-refractivity contribution in [3.8, 4) is 5.75 Å². The van der Waals surface area contributed by atoms with Gasteiger partial charge in [0.15, 0.2) is 0 Å². The lowest BCUT2D eigenvalue weighted by atomic mass is 10.2. The normalized spacial score (nSPS) is 10.5. The van der Waals surface area contributed by atoms with Crippen molar-refractivity contribution in [2.75, 3.05) is 0 Å². The van der Waals surface area contributed by atoms with Crippen molar-refractivity contribution in [2.24, 2.45) is 0 Å². The molecule has 0 saturated heterocycles. The van der Waals surface area contributed by atoms with E-state index in [2.05, 4.69) is 6.92 Å². The molecule has 0 heterocycles. The fourth-order valence-electron chi connectivity index (χ4n) is 1.06. The number of hydrogen-bond donors (Lipinski definition) is 1. The summed E-state index contributed by atoms with van der Waals surface area (Å²) in [7, 11) is 0. The highest BCUT2D eigenvalue weighted by molar-refractivity contribution is 5.87. The summed E-state index contributed by atoms with van der Waals surface area (Å²) >= 11 is 0. The van der Waals surface area contributed by atoms with Crippen molar-refractivity contribution < 1.29 is 14.6 Å². The number of carbonyl (C=O) groups is 1. The monoisotopic (exact) mass is 206 g/mol. The first-order chi connectivity index (χ1) is 7.24. The predicted molar refractivity (Wildman–Crippen MR) is 58.1 cm³/mol. The fraction of sp³-hybridized carbons (Fsp3) is 0.250. The van der Waals surface area contributed by atoms with Gasteiger partial charge >= 0.3 is 5.97 Å². The summed E-state index contributed by atoms with van der Waals surface area (Å²) in [5.74, 6) is -0.403. The first-order valence-corrected chi connectivity index (χ1v) is 4.89. The molecule has 3 heteroatoms. The Morgan fingerprint density at radius 2 is 2.33 bits per heavy atom. The Morgan fingerprint density at radius 1 is 1.53 bits per heavy atom. The van der Waals surface area contributed by atoms with Gasteiger partial charge in [0.25, 0.3) is 0 Å². The summed E-state index contributed by atoms with van der Waals surface area (Å²) in [6.07, 6.45) is 5.52. The van der Waals surface area contributed by atoms with Crippen LogP contribution in [0.3, 0.4) is 0 Å². The molecule has 0 bridgehead atoms.